The number of nitrogens with two attached hydrogens (primary N) is 1. The van der Waals surface area contributed by atoms with Crippen LogP contribution in [-0.2, 0) is 10.2 Å². The number of hydrogen-bond acceptors (Lipinski definition) is 2. The lowest BCUT2D eigenvalue weighted by Gasteiger charge is -2.63. The summed E-state index contributed by atoms with van der Waals surface area (Å²) in [5, 5.41) is 0. The number of piperidine rings is 1. The molecule has 0 aromatic heterocycles. The summed E-state index contributed by atoms with van der Waals surface area (Å²) in [5.41, 5.74) is 8.36. The summed E-state index contributed by atoms with van der Waals surface area (Å²) in [5.74, 6) is 1.86. The Balaban J connectivity index is 1.50. The maximum Gasteiger partial charge on any atom is 0.226 e. The van der Waals surface area contributed by atoms with Gasteiger partial charge in [0.25, 0.3) is 0 Å². The van der Waals surface area contributed by atoms with Crippen LogP contribution in [0.4, 0.5) is 0 Å². The Morgan fingerprint density at radius 1 is 1.14 bits per heavy atom. The van der Waals surface area contributed by atoms with Gasteiger partial charge in [0.2, 0.25) is 5.91 Å². The normalized spacial score (nSPS) is 45.1. The minimum absolute atomic E-state index is 0.209. The lowest BCUT2D eigenvalue weighted by atomic mass is 9.41. The molecule has 7 atom stereocenters. The van der Waals surface area contributed by atoms with E-state index in [2.05, 4.69) is 49.1 Å². The monoisotopic (exact) mass is 380 g/mol. The second kappa shape index (κ2) is 6.58. The largest absolute Gasteiger partial charge is 0.340 e. The summed E-state index contributed by atoms with van der Waals surface area (Å²) in [6, 6.07) is 11.8. The Kier molecular flexibility index (Phi) is 4.39. The van der Waals surface area contributed by atoms with Gasteiger partial charge in [0, 0.05) is 24.5 Å². The molecule has 1 amide bonds. The lowest BCUT2D eigenvalue weighted by molar-refractivity contribution is -0.153. The number of benzene rings is 1. The number of hydrogen-bond donors (Lipinski definition) is 1. The van der Waals surface area contributed by atoms with E-state index in [0.717, 1.165) is 25.8 Å². The van der Waals surface area contributed by atoms with E-state index in [-0.39, 0.29) is 17.4 Å². The zero-order valence-electron chi connectivity index (χ0n) is 17.6. The zero-order valence-corrected chi connectivity index (χ0v) is 17.6. The average molecular weight is 381 g/mol. The number of nitrogens with zero attached hydrogens (tertiary/aromatic N) is 1. The molecule has 2 N–H and O–H groups in total. The Morgan fingerprint density at radius 2 is 1.93 bits per heavy atom. The van der Waals surface area contributed by atoms with Crippen LogP contribution in [0.25, 0.3) is 0 Å². The van der Waals surface area contributed by atoms with Gasteiger partial charge >= 0.3 is 0 Å². The molecule has 5 rings (SSSR count). The fourth-order valence-electron chi connectivity index (χ4n) is 7.95. The molecule has 5 unspecified atom stereocenters. The van der Waals surface area contributed by atoms with E-state index in [9.17, 15) is 4.79 Å². The van der Waals surface area contributed by atoms with Crippen molar-refractivity contribution < 1.29 is 4.79 Å². The van der Waals surface area contributed by atoms with Gasteiger partial charge in [-0.3, -0.25) is 4.79 Å². The SMILES string of the molecule is CC1CC(N)CCN1C(=O)C1CC2C[C@@]3(C)CCC1[C@@](c1ccccc1)(C2)C3. The van der Waals surface area contributed by atoms with Crippen LogP contribution >= 0.6 is 0 Å². The topological polar surface area (TPSA) is 46.3 Å². The summed E-state index contributed by atoms with van der Waals surface area (Å²) in [4.78, 5) is 16.0. The highest BCUT2D eigenvalue weighted by Gasteiger charge is 2.60. The smallest absolute Gasteiger partial charge is 0.226 e. The second-order valence-corrected chi connectivity index (χ2v) is 10.9. The van der Waals surface area contributed by atoms with E-state index in [1.807, 2.05) is 0 Å². The molecule has 3 aliphatic carbocycles. The highest BCUT2D eigenvalue weighted by Crippen LogP contribution is 2.66. The van der Waals surface area contributed by atoms with Crippen molar-refractivity contribution >= 4 is 5.91 Å². The summed E-state index contributed by atoms with van der Waals surface area (Å²) < 4.78 is 0. The predicted molar refractivity (Wildman–Crippen MR) is 113 cm³/mol. The van der Waals surface area contributed by atoms with Crippen LogP contribution in [0.1, 0.15) is 70.8 Å². The van der Waals surface area contributed by atoms with Gasteiger partial charge in [0.05, 0.1) is 0 Å². The summed E-state index contributed by atoms with van der Waals surface area (Å²) in [6.07, 6.45) is 9.43. The molecule has 3 bridgehead atoms. The first kappa shape index (κ1) is 18.7. The van der Waals surface area contributed by atoms with Crippen LogP contribution in [-0.4, -0.2) is 29.4 Å². The number of likely N-dealkylation sites (tertiary alicyclic amines) is 1. The van der Waals surface area contributed by atoms with Gasteiger partial charge in [-0.25, -0.2) is 0 Å². The lowest BCUT2D eigenvalue weighted by Crippen LogP contribution is -2.60. The second-order valence-electron chi connectivity index (χ2n) is 10.9. The highest BCUT2D eigenvalue weighted by atomic mass is 16.2. The quantitative estimate of drug-likeness (QED) is 0.821. The summed E-state index contributed by atoms with van der Waals surface area (Å²) in [7, 11) is 0. The van der Waals surface area contributed by atoms with Crippen molar-refractivity contribution in [3.63, 3.8) is 0 Å². The van der Waals surface area contributed by atoms with Crippen molar-refractivity contribution in [3.05, 3.63) is 35.9 Å². The van der Waals surface area contributed by atoms with Crippen molar-refractivity contribution in [3.8, 4) is 0 Å². The van der Waals surface area contributed by atoms with Crippen LogP contribution in [0, 0.1) is 23.2 Å². The molecule has 3 nitrogen and oxygen atoms in total. The molecule has 1 aromatic carbocycles. The van der Waals surface area contributed by atoms with Crippen LogP contribution in [0.2, 0.25) is 0 Å². The van der Waals surface area contributed by atoms with E-state index < -0.39 is 0 Å². The molecule has 28 heavy (non-hydrogen) atoms. The third-order valence-electron chi connectivity index (χ3n) is 8.88. The minimum Gasteiger partial charge on any atom is -0.340 e. The van der Waals surface area contributed by atoms with Gasteiger partial charge in [-0.1, -0.05) is 37.3 Å². The average Bonchev–Trinajstić information content (AvgIpc) is 2.66. The standard InChI is InChI=1S/C25H36N2O/c1-17-12-20(26)9-11-27(17)23(28)21-13-18-14-24(2)10-8-22(21)25(15-18,16-24)19-6-4-3-5-7-19/h3-7,17-18,20-22H,8-16,26H2,1-2H3/t17?,18?,20?,21?,22?,24-,25+/m1/s1. The summed E-state index contributed by atoms with van der Waals surface area (Å²) in [6.45, 7) is 5.57. The Morgan fingerprint density at radius 3 is 2.68 bits per heavy atom. The number of fused-ring (bicyclic) bond motifs is 2. The number of carbonyl (C=O) groups excluding carboxylic acids is 1. The third kappa shape index (κ3) is 2.84. The molecule has 1 aromatic rings. The minimum atomic E-state index is 0.209. The van der Waals surface area contributed by atoms with E-state index >= 15 is 0 Å². The molecule has 4 fully saturated rings. The first-order chi connectivity index (χ1) is 13.4. The van der Waals surface area contributed by atoms with Crippen LogP contribution < -0.4 is 5.73 Å². The van der Waals surface area contributed by atoms with Gasteiger partial charge < -0.3 is 10.6 Å². The maximum atomic E-state index is 13.8. The number of carbonyl (C=O) groups is 1. The first-order valence-corrected chi connectivity index (χ1v) is 11.5. The Hall–Kier alpha value is -1.35. The van der Waals surface area contributed by atoms with E-state index in [0.29, 0.717) is 29.2 Å². The van der Waals surface area contributed by atoms with Crippen molar-refractivity contribution in [1.29, 1.82) is 0 Å². The summed E-state index contributed by atoms with van der Waals surface area (Å²) >= 11 is 0. The molecule has 0 spiro atoms. The Bertz CT molecular complexity index is 748. The van der Waals surface area contributed by atoms with Crippen LogP contribution in [0.15, 0.2) is 30.3 Å². The molecule has 1 saturated heterocycles. The highest BCUT2D eigenvalue weighted by molar-refractivity contribution is 5.80. The molecule has 3 heteroatoms. The van der Waals surface area contributed by atoms with Crippen molar-refractivity contribution in [2.24, 2.45) is 28.9 Å². The zero-order chi connectivity index (χ0) is 19.5. The van der Waals surface area contributed by atoms with E-state index in [1.54, 1.807) is 0 Å². The van der Waals surface area contributed by atoms with Gasteiger partial charge in [0.1, 0.15) is 0 Å². The fourth-order valence-corrected chi connectivity index (χ4v) is 7.95. The molecule has 3 saturated carbocycles. The van der Waals surface area contributed by atoms with Crippen molar-refractivity contribution in [1.82, 2.24) is 4.90 Å². The van der Waals surface area contributed by atoms with E-state index in [4.69, 9.17) is 5.73 Å². The molecular weight excluding hydrogens is 344 g/mol. The van der Waals surface area contributed by atoms with Crippen molar-refractivity contribution in [2.45, 2.75) is 82.7 Å². The van der Waals surface area contributed by atoms with Crippen LogP contribution in [0.5, 0.6) is 0 Å². The molecule has 1 heterocycles. The molecule has 152 valence electrons. The Labute approximate surface area is 170 Å². The molecule has 0 radical (unpaired) electrons. The predicted octanol–water partition coefficient (Wildman–Crippen LogP) is 4.50. The van der Waals surface area contributed by atoms with Gasteiger partial charge in [-0.05, 0) is 86.5 Å². The van der Waals surface area contributed by atoms with Gasteiger partial charge in [-0.15, -0.1) is 0 Å². The van der Waals surface area contributed by atoms with Crippen molar-refractivity contribution in [2.75, 3.05) is 6.54 Å². The van der Waals surface area contributed by atoms with Crippen LogP contribution in [0.3, 0.4) is 0 Å². The maximum absolute atomic E-state index is 13.8. The van der Waals surface area contributed by atoms with Gasteiger partial charge in [-0.2, -0.15) is 0 Å². The third-order valence-corrected chi connectivity index (χ3v) is 8.88. The van der Waals surface area contributed by atoms with E-state index in [1.165, 1.54) is 37.7 Å². The molecular formula is C25H36N2O. The number of amides is 1. The van der Waals surface area contributed by atoms with Gasteiger partial charge in [0.15, 0.2) is 0 Å². The molecule has 4 aliphatic rings. The molecule has 1 aliphatic heterocycles. The fraction of sp³-hybridized carbons (Fsp3) is 0.720. The first-order valence-electron chi connectivity index (χ1n) is 11.5. The number of rotatable bonds is 2.